The molecule has 1 fully saturated rings. The van der Waals surface area contributed by atoms with Crippen molar-refractivity contribution in [2.24, 2.45) is 0 Å². The zero-order chi connectivity index (χ0) is 23.6. The smallest absolute Gasteiger partial charge is 0.115 e. The van der Waals surface area contributed by atoms with E-state index in [2.05, 4.69) is 34.6 Å². The van der Waals surface area contributed by atoms with Crippen LogP contribution in [-0.4, -0.2) is 74.8 Å². The van der Waals surface area contributed by atoms with Crippen LogP contribution in [0.1, 0.15) is 98.8 Å². The van der Waals surface area contributed by atoms with Gasteiger partial charge in [0.1, 0.15) is 36.6 Å². The molecule has 0 heterocycles. The van der Waals surface area contributed by atoms with E-state index in [4.69, 9.17) is 23.7 Å². The molecule has 0 aliphatic heterocycles. The van der Waals surface area contributed by atoms with Crippen LogP contribution in [0, 0.1) is 0 Å². The lowest BCUT2D eigenvalue weighted by Gasteiger charge is -2.48. The van der Waals surface area contributed by atoms with Crippen molar-refractivity contribution in [1.82, 2.24) is 0 Å². The molecule has 0 aromatic carbocycles. The Bertz CT molecular complexity index is 389. The molecule has 0 aromatic heterocycles. The van der Waals surface area contributed by atoms with Crippen molar-refractivity contribution in [1.29, 1.82) is 0 Å². The molecule has 2 unspecified atom stereocenters. The van der Waals surface area contributed by atoms with Crippen LogP contribution in [-0.2, 0) is 23.7 Å². The van der Waals surface area contributed by atoms with E-state index in [1.54, 1.807) is 0 Å². The fourth-order valence-corrected chi connectivity index (χ4v) is 3.91. The molecule has 6 nitrogen and oxygen atoms in total. The van der Waals surface area contributed by atoms with Gasteiger partial charge in [0.25, 0.3) is 0 Å². The monoisotopic (exact) mass is 460 g/mol. The van der Waals surface area contributed by atoms with Gasteiger partial charge in [-0.15, -0.1) is 0 Å². The van der Waals surface area contributed by atoms with Crippen molar-refractivity contribution in [3.05, 3.63) is 0 Å². The Morgan fingerprint density at radius 1 is 0.406 bits per heavy atom. The highest BCUT2D eigenvalue weighted by Gasteiger charge is 2.53. The normalized spacial score (nSPS) is 28.3. The van der Waals surface area contributed by atoms with E-state index < -0.39 is 18.3 Å². The maximum Gasteiger partial charge on any atom is 0.115 e. The molecule has 1 rings (SSSR count). The summed E-state index contributed by atoms with van der Waals surface area (Å²) in [7, 11) is 0. The van der Waals surface area contributed by atoms with Gasteiger partial charge in [0.05, 0.1) is 0 Å². The van der Waals surface area contributed by atoms with Gasteiger partial charge >= 0.3 is 0 Å². The van der Waals surface area contributed by atoms with Crippen molar-refractivity contribution in [2.75, 3.05) is 33.0 Å². The van der Waals surface area contributed by atoms with E-state index in [1.165, 1.54) is 0 Å². The van der Waals surface area contributed by atoms with E-state index in [0.29, 0.717) is 33.0 Å². The largest absolute Gasteiger partial charge is 0.387 e. The second-order valence-electron chi connectivity index (χ2n) is 8.94. The van der Waals surface area contributed by atoms with Crippen molar-refractivity contribution in [3.63, 3.8) is 0 Å². The summed E-state index contributed by atoms with van der Waals surface area (Å²) in [5, 5.41) is 11.4. The second kappa shape index (κ2) is 19.1. The molecule has 0 aromatic rings. The average molecular weight is 461 g/mol. The maximum absolute atomic E-state index is 11.4. The third-order valence-electron chi connectivity index (χ3n) is 6.01. The van der Waals surface area contributed by atoms with Crippen LogP contribution in [0.5, 0.6) is 0 Å². The molecule has 0 spiro atoms. The molecule has 1 saturated carbocycles. The molecule has 1 aliphatic carbocycles. The zero-order valence-corrected chi connectivity index (χ0v) is 21.6. The quantitative estimate of drug-likeness (QED) is 0.249. The Hall–Kier alpha value is -0.240. The third kappa shape index (κ3) is 10.4. The van der Waals surface area contributed by atoms with Crippen LogP contribution in [0.25, 0.3) is 0 Å². The van der Waals surface area contributed by atoms with Gasteiger partial charge in [-0.2, -0.15) is 0 Å². The Labute approximate surface area is 197 Å². The molecule has 6 heteroatoms. The minimum Gasteiger partial charge on any atom is -0.387 e. The van der Waals surface area contributed by atoms with Gasteiger partial charge in [0, 0.05) is 33.0 Å². The molecular weight excluding hydrogens is 408 g/mol. The van der Waals surface area contributed by atoms with Crippen LogP contribution < -0.4 is 0 Å². The average Bonchev–Trinajstić information content (AvgIpc) is 2.79. The van der Waals surface area contributed by atoms with Crippen LogP contribution in [0.15, 0.2) is 0 Å². The molecule has 0 radical (unpaired) electrons. The minimum absolute atomic E-state index is 0.322. The summed E-state index contributed by atoms with van der Waals surface area (Å²) in [4.78, 5) is 0. The standard InChI is InChI=1S/C26H52O6/c1-6-11-16-28-22-21(27)23(29-17-12-7-2)25(31-19-14-9-4)26(32-20-15-10-5)24(22)30-18-13-8-3/h21-27H,6-20H2,1-5H3/t21?,22-,23-,24-,25+,26?/m1/s1. The van der Waals surface area contributed by atoms with E-state index in [1.807, 2.05) is 0 Å². The first-order chi connectivity index (χ1) is 15.7. The fraction of sp³-hybridized carbons (Fsp3) is 1.00. The van der Waals surface area contributed by atoms with Crippen LogP contribution in [0.4, 0.5) is 0 Å². The molecule has 192 valence electrons. The summed E-state index contributed by atoms with van der Waals surface area (Å²) in [5.74, 6) is 0. The summed E-state index contributed by atoms with van der Waals surface area (Å²) in [6.45, 7) is 13.8. The van der Waals surface area contributed by atoms with E-state index in [9.17, 15) is 5.11 Å². The predicted octanol–water partition coefficient (Wildman–Crippen LogP) is 5.29. The summed E-state index contributed by atoms with van der Waals surface area (Å²) in [5.41, 5.74) is 0. The first kappa shape index (κ1) is 29.8. The Morgan fingerprint density at radius 3 is 0.875 bits per heavy atom. The number of ether oxygens (including phenoxy) is 5. The van der Waals surface area contributed by atoms with E-state index in [0.717, 1.165) is 64.2 Å². The minimum atomic E-state index is -0.812. The molecule has 32 heavy (non-hydrogen) atoms. The van der Waals surface area contributed by atoms with Crippen LogP contribution >= 0.6 is 0 Å². The van der Waals surface area contributed by atoms with Crippen molar-refractivity contribution in [2.45, 2.75) is 135 Å². The molecule has 0 amide bonds. The van der Waals surface area contributed by atoms with Crippen molar-refractivity contribution in [3.8, 4) is 0 Å². The zero-order valence-electron chi connectivity index (χ0n) is 21.6. The number of hydrogen-bond acceptors (Lipinski definition) is 6. The molecule has 0 saturated heterocycles. The van der Waals surface area contributed by atoms with Gasteiger partial charge in [0.15, 0.2) is 0 Å². The number of aliphatic hydroxyl groups excluding tert-OH is 1. The highest BCUT2D eigenvalue weighted by atomic mass is 16.6. The summed E-state index contributed by atoms with van der Waals surface area (Å²) in [6, 6.07) is 0. The Morgan fingerprint density at radius 2 is 0.625 bits per heavy atom. The Kier molecular flexibility index (Phi) is 17.8. The Balaban J connectivity index is 3.16. The highest BCUT2D eigenvalue weighted by molar-refractivity contribution is 5.03. The number of aliphatic hydroxyl groups is 1. The van der Waals surface area contributed by atoms with Gasteiger partial charge in [-0.3, -0.25) is 0 Å². The third-order valence-corrected chi connectivity index (χ3v) is 6.01. The fourth-order valence-electron chi connectivity index (χ4n) is 3.91. The summed E-state index contributed by atoms with van der Waals surface area (Å²) in [6.07, 6.45) is 7.21. The summed E-state index contributed by atoms with van der Waals surface area (Å²) >= 11 is 0. The van der Waals surface area contributed by atoms with Gasteiger partial charge < -0.3 is 28.8 Å². The van der Waals surface area contributed by atoms with Crippen LogP contribution in [0.3, 0.4) is 0 Å². The lowest BCUT2D eigenvalue weighted by atomic mass is 9.83. The molecule has 1 N–H and O–H groups in total. The second-order valence-corrected chi connectivity index (χ2v) is 8.94. The van der Waals surface area contributed by atoms with Gasteiger partial charge in [-0.25, -0.2) is 0 Å². The van der Waals surface area contributed by atoms with Crippen molar-refractivity contribution < 1.29 is 28.8 Å². The summed E-state index contributed by atoms with van der Waals surface area (Å²) < 4.78 is 31.6. The van der Waals surface area contributed by atoms with E-state index >= 15 is 0 Å². The lowest BCUT2D eigenvalue weighted by Crippen LogP contribution is -2.67. The predicted molar refractivity (Wildman–Crippen MR) is 129 cm³/mol. The maximum atomic E-state index is 11.4. The van der Waals surface area contributed by atoms with Gasteiger partial charge in [0.2, 0.25) is 0 Å². The molecular formula is C26H52O6. The van der Waals surface area contributed by atoms with Crippen LogP contribution in [0.2, 0.25) is 0 Å². The topological polar surface area (TPSA) is 66.4 Å². The lowest BCUT2D eigenvalue weighted by molar-refractivity contribution is -0.274. The number of unbranched alkanes of at least 4 members (excludes halogenated alkanes) is 5. The molecule has 1 aliphatic rings. The van der Waals surface area contributed by atoms with Gasteiger partial charge in [-0.1, -0.05) is 66.7 Å². The molecule has 0 bridgehead atoms. The van der Waals surface area contributed by atoms with E-state index in [-0.39, 0.29) is 18.3 Å². The van der Waals surface area contributed by atoms with Gasteiger partial charge in [-0.05, 0) is 32.1 Å². The molecule has 6 atom stereocenters. The highest BCUT2D eigenvalue weighted by Crippen LogP contribution is 2.33. The number of hydrogen-bond donors (Lipinski definition) is 1. The SMILES string of the molecule is CCCCOC1[C@@H](OCCCC)[C@H](OCCCC)C(O)[C@@H](OCCCC)[C@H]1OCCCC. The first-order valence-electron chi connectivity index (χ1n) is 13.4. The number of rotatable bonds is 20. The first-order valence-corrected chi connectivity index (χ1v) is 13.4. The van der Waals surface area contributed by atoms with Crippen molar-refractivity contribution >= 4 is 0 Å².